The SMILES string of the molecule is COc1cccc(CCC(=O)Nc2ccccc2C(C)O)c1. The fraction of sp³-hybridized carbons (Fsp3) is 0.278. The highest BCUT2D eigenvalue weighted by Gasteiger charge is 2.10. The van der Waals surface area contributed by atoms with Crippen molar-refractivity contribution in [3.8, 4) is 5.75 Å². The van der Waals surface area contributed by atoms with Crippen molar-refractivity contribution < 1.29 is 14.6 Å². The summed E-state index contributed by atoms with van der Waals surface area (Å²) in [6, 6.07) is 15.0. The van der Waals surface area contributed by atoms with E-state index in [9.17, 15) is 9.90 Å². The number of methoxy groups -OCH3 is 1. The number of anilines is 1. The molecule has 0 saturated heterocycles. The molecule has 0 aliphatic carbocycles. The summed E-state index contributed by atoms with van der Waals surface area (Å²) in [5, 5.41) is 12.6. The lowest BCUT2D eigenvalue weighted by molar-refractivity contribution is -0.116. The average Bonchev–Trinajstić information content (AvgIpc) is 2.53. The predicted molar refractivity (Wildman–Crippen MR) is 87.0 cm³/mol. The maximum atomic E-state index is 12.1. The number of nitrogens with one attached hydrogen (secondary N) is 1. The van der Waals surface area contributed by atoms with Gasteiger partial charge in [0, 0.05) is 17.7 Å². The van der Waals surface area contributed by atoms with Gasteiger partial charge in [0.15, 0.2) is 0 Å². The maximum absolute atomic E-state index is 12.1. The van der Waals surface area contributed by atoms with Gasteiger partial charge in [-0.25, -0.2) is 0 Å². The second kappa shape index (κ2) is 7.61. The number of amides is 1. The molecule has 1 amide bonds. The molecule has 22 heavy (non-hydrogen) atoms. The van der Waals surface area contributed by atoms with Crippen LogP contribution < -0.4 is 10.1 Å². The van der Waals surface area contributed by atoms with E-state index in [0.29, 0.717) is 18.5 Å². The summed E-state index contributed by atoms with van der Waals surface area (Å²) in [7, 11) is 1.62. The van der Waals surface area contributed by atoms with Crippen LogP contribution in [0.1, 0.15) is 30.6 Å². The van der Waals surface area contributed by atoms with Crippen LogP contribution >= 0.6 is 0 Å². The molecule has 2 aromatic rings. The number of carbonyl (C=O) groups excluding carboxylic acids is 1. The topological polar surface area (TPSA) is 58.6 Å². The van der Waals surface area contributed by atoms with Crippen LogP contribution in [-0.4, -0.2) is 18.1 Å². The Hall–Kier alpha value is -2.33. The number of para-hydroxylation sites is 1. The van der Waals surface area contributed by atoms with Gasteiger partial charge in [-0.2, -0.15) is 0 Å². The molecular weight excluding hydrogens is 278 g/mol. The second-order valence-corrected chi connectivity index (χ2v) is 5.16. The van der Waals surface area contributed by atoms with E-state index in [0.717, 1.165) is 16.9 Å². The Kier molecular flexibility index (Phi) is 5.55. The standard InChI is InChI=1S/C18H21NO3/c1-13(20)16-8-3-4-9-17(16)19-18(21)11-10-14-6-5-7-15(12-14)22-2/h3-9,12-13,20H,10-11H2,1-2H3,(H,19,21). The summed E-state index contributed by atoms with van der Waals surface area (Å²) in [5.41, 5.74) is 2.43. The van der Waals surface area contributed by atoms with Crippen molar-refractivity contribution in [3.63, 3.8) is 0 Å². The van der Waals surface area contributed by atoms with Crippen molar-refractivity contribution in [2.45, 2.75) is 25.9 Å². The van der Waals surface area contributed by atoms with Gasteiger partial charge in [0.25, 0.3) is 0 Å². The number of carbonyl (C=O) groups is 1. The smallest absolute Gasteiger partial charge is 0.224 e. The maximum Gasteiger partial charge on any atom is 0.224 e. The molecule has 4 nitrogen and oxygen atoms in total. The molecule has 0 aliphatic rings. The van der Waals surface area contributed by atoms with Crippen molar-refractivity contribution in [1.29, 1.82) is 0 Å². The minimum Gasteiger partial charge on any atom is -0.497 e. The van der Waals surface area contributed by atoms with Crippen molar-refractivity contribution in [1.82, 2.24) is 0 Å². The third-order valence-corrected chi connectivity index (χ3v) is 3.46. The number of benzene rings is 2. The molecule has 0 heterocycles. The van der Waals surface area contributed by atoms with Gasteiger partial charge < -0.3 is 15.2 Å². The van der Waals surface area contributed by atoms with Crippen molar-refractivity contribution in [2.75, 3.05) is 12.4 Å². The Balaban J connectivity index is 1.96. The van der Waals surface area contributed by atoms with E-state index in [-0.39, 0.29) is 5.91 Å². The van der Waals surface area contributed by atoms with E-state index in [1.807, 2.05) is 42.5 Å². The first-order valence-electron chi connectivity index (χ1n) is 7.30. The van der Waals surface area contributed by atoms with Crippen LogP contribution in [0.4, 0.5) is 5.69 Å². The molecule has 0 fully saturated rings. The van der Waals surface area contributed by atoms with Crippen LogP contribution in [0.3, 0.4) is 0 Å². The summed E-state index contributed by atoms with van der Waals surface area (Å²) in [5.74, 6) is 0.716. The highest BCUT2D eigenvalue weighted by Crippen LogP contribution is 2.22. The summed E-state index contributed by atoms with van der Waals surface area (Å²) in [4.78, 5) is 12.1. The Labute approximate surface area is 130 Å². The van der Waals surface area contributed by atoms with Gasteiger partial charge in [0.2, 0.25) is 5.91 Å². The normalized spacial score (nSPS) is 11.8. The van der Waals surface area contributed by atoms with E-state index in [1.54, 1.807) is 20.1 Å². The van der Waals surface area contributed by atoms with Gasteiger partial charge in [0.05, 0.1) is 13.2 Å². The molecule has 1 atom stereocenters. The van der Waals surface area contributed by atoms with Crippen LogP contribution in [-0.2, 0) is 11.2 Å². The number of ether oxygens (including phenoxy) is 1. The zero-order chi connectivity index (χ0) is 15.9. The first-order chi connectivity index (χ1) is 10.6. The molecule has 0 aromatic heterocycles. The van der Waals surface area contributed by atoms with Gasteiger partial charge in [-0.05, 0) is 37.1 Å². The third kappa shape index (κ3) is 4.33. The van der Waals surface area contributed by atoms with Gasteiger partial charge in [0.1, 0.15) is 5.75 Å². The lowest BCUT2D eigenvalue weighted by atomic mass is 10.1. The highest BCUT2D eigenvalue weighted by molar-refractivity contribution is 5.91. The molecule has 1 unspecified atom stereocenters. The first kappa shape index (κ1) is 16.0. The summed E-state index contributed by atoms with van der Waals surface area (Å²) >= 11 is 0. The van der Waals surface area contributed by atoms with Crippen molar-refractivity contribution in [2.24, 2.45) is 0 Å². The van der Waals surface area contributed by atoms with E-state index >= 15 is 0 Å². The van der Waals surface area contributed by atoms with Crippen LogP contribution in [0.25, 0.3) is 0 Å². The molecule has 2 N–H and O–H groups in total. The predicted octanol–water partition coefficient (Wildman–Crippen LogP) is 3.32. The van der Waals surface area contributed by atoms with E-state index in [1.165, 1.54) is 0 Å². The number of aliphatic hydroxyl groups excluding tert-OH is 1. The van der Waals surface area contributed by atoms with Crippen LogP contribution in [0.15, 0.2) is 48.5 Å². The minimum absolute atomic E-state index is 0.0732. The number of aliphatic hydroxyl groups is 1. The summed E-state index contributed by atoms with van der Waals surface area (Å²) in [6.07, 6.45) is 0.399. The quantitative estimate of drug-likeness (QED) is 0.860. The van der Waals surface area contributed by atoms with Gasteiger partial charge >= 0.3 is 0 Å². The molecule has 2 aromatic carbocycles. The number of hydrogen-bond donors (Lipinski definition) is 2. The van der Waals surface area contributed by atoms with Gasteiger partial charge in [-0.3, -0.25) is 4.79 Å². The van der Waals surface area contributed by atoms with E-state index in [2.05, 4.69) is 5.32 Å². The van der Waals surface area contributed by atoms with Crippen molar-refractivity contribution in [3.05, 3.63) is 59.7 Å². The Morgan fingerprint density at radius 3 is 2.73 bits per heavy atom. The lowest BCUT2D eigenvalue weighted by Crippen LogP contribution is -2.14. The molecule has 0 saturated carbocycles. The van der Waals surface area contributed by atoms with Crippen molar-refractivity contribution >= 4 is 11.6 Å². The molecule has 2 rings (SSSR count). The number of aryl methyl sites for hydroxylation is 1. The fourth-order valence-electron chi connectivity index (χ4n) is 2.27. The monoisotopic (exact) mass is 299 g/mol. The first-order valence-corrected chi connectivity index (χ1v) is 7.30. The molecule has 116 valence electrons. The molecule has 0 aliphatic heterocycles. The molecule has 0 radical (unpaired) electrons. The van der Waals surface area contributed by atoms with Crippen LogP contribution in [0.2, 0.25) is 0 Å². The highest BCUT2D eigenvalue weighted by atomic mass is 16.5. The van der Waals surface area contributed by atoms with Crippen LogP contribution in [0.5, 0.6) is 5.75 Å². The Bertz CT molecular complexity index is 638. The largest absolute Gasteiger partial charge is 0.497 e. The van der Waals surface area contributed by atoms with E-state index < -0.39 is 6.10 Å². The Morgan fingerprint density at radius 1 is 1.23 bits per heavy atom. The zero-order valence-electron chi connectivity index (χ0n) is 12.9. The number of hydrogen-bond acceptors (Lipinski definition) is 3. The van der Waals surface area contributed by atoms with Gasteiger partial charge in [-0.15, -0.1) is 0 Å². The number of rotatable bonds is 6. The second-order valence-electron chi connectivity index (χ2n) is 5.16. The van der Waals surface area contributed by atoms with Crippen LogP contribution in [0, 0.1) is 0 Å². The molecular formula is C18H21NO3. The Morgan fingerprint density at radius 2 is 2.00 bits per heavy atom. The summed E-state index contributed by atoms with van der Waals surface area (Å²) in [6.45, 7) is 1.68. The zero-order valence-corrected chi connectivity index (χ0v) is 12.9. The lowest BCUT2D eigenvalue weighted by Gasteiger charge is -2.13. The molecule has 0 spiro atoms. The summed E-state index contributed by atoms with van der Waals surface area (Å²) < 4.78 is 5.17. The average molecular weight is 299 g/mol. The van der Waals surface area contributed by atoms with E-state index in [4.69, 9.17) is 4.74 Å². The third-order valence-electron chi connectivity index (χ3n) is 3.46. The molecule has 0 bridgehead atoms. The minimum atomic E-state index is -0.616. The van der Waals surface area contributed by atoms with Gasteiger partial charge in [-0.1, -0.05) is 30.3 Å². The molecule has 4 heteroatoms. The fourth-order valence-corrected chi connectivity index (χ4v) is 2.27.